The second kappa shape index (κ2) is 5.00. The zero-order valence-corrected chi connectivity index (χ0v) is 9.61. The van der Waals surface area contributed by atoms with Gasteiger partial charge in [0.1, 0.15) is 6.54 Å². The normalized spacial score (nSPS) is 14.5. The first kappa shape index (κ1) is 11.6. The molecule has 0 unspecified atom stereocenters. The van der Waals surface area contributed by atoms with E-state index in [2.05, 4.69) is 15.4 Å². The number of carbonyl (C=O) groups excluding carboxylic acids is 1. The zero-order valence-electron chi connectivity index (χ0n) is 8.79. The number of aromatic nitrogens is 2. The number of carboxylic acids is 1. The number of thioether (sulfide) groups is 1. The first-order valence-electron chi connectivity index (χ1n) is 4.89. The van der Waals surface area contributed by atoms with Crippen LogP contribution < -0.4 is 5.32 Å². The van der Waals surface area contributed by atoms with Crippen molar-refractivity contribution in [1.82, 2.24) is 15.1 Å². The molecule has 1 aliphatic rings. The molecular weight excluding hydrogens is 244 g/mol. The fourth-order valence-corrected chi connectivity index (χ4v) is 2.03. The molecule has 0 spiro atoms. The molecule has 0 bridgehead atoms. The third-order valence-corrected chi connectivity index (χ3v) is 2.89. The summed E-state index contributed by atoms with van der Waals surface area (Å²) in [6.45, 7) is 0.693. The number of hydrogen-bond donors (Lipinski definition) is 2. The summed E-state index contributed by atoms with van der Waals surface area (Å²) >= 11 is 1.49. The van der Waals surface area contributed by atoms with Gasteiger partial charge in [0, 0.05) is 11.9 Å². The van der Waals surface area contributed by atoms with E-state index in [-0.39, 0.29) is 18.1 Å². The highest BCUT2D eigenvalue weighted by atomic mass is 32.2. The van der Waals surface area contributed by atoms with Gasteiger partial charge < -0.3 is 10.4 Å². The van der Waals surface area contributed by atoms with Gasteiger partial charge in [-0.1, -0.05) is 11.8 Å². The van der Waals surface area contributed by atoms with Crippen LogP contribution in [0, 0.1) is 0 Å². The van der Waals surface area contributed by atoms with Crippen LogP contribution in [0.5, 0.6) is 0 Å². The van der Waals surface area contributed by atoms with E-state index in [1.807, 2.05) is 0 Å². The number of hydrogen-bond acceptors (Lipinski definition) is 5. The highest BCUT2D eigenvalue weighted by Crippen LogP contribution is 2.08. The molecule has 1 aromatic rings. The van der Waals surface area contributed by atoms with Gasteiger partial charge in [-0.3, -0.25) is 14.5 Å². The number of carboxylic acid groups (broad SMARTS) is 1. The van der Waals surface area contributed by atoms with Crippen molar-refractivity contribution in [2.45, 2.75) is 6.54 Å². The van der Waals surface area contributed by atoms with Crippen LogP contribution in [0.1, 0.15) is 10.5 Å². The molecule has 0 fully saturated rings. The lowest BCUT2D eigenvalue weighted by Gasteiger charge is -2.03. The lowest BCUT2D eigenvalue weighted by Crippen LogP contribution is -2.31. The van der Waals surface area contributed by atoms with Crippen LogP contribution in [0.3, 0.4) is 0 Å². The Balaban J connectivity index is 1.91. The average Bonchev–Trinajstić information content (AvgIpc) is 2.88. The number of nitrogens with one attached hydrogen (secondary N) is 1. The molecule has 1 aliphatic heterocycles. The SMILES string of the molecule is O=C(Cn1ccc(C(=O)O)n1)NC1=NCCS1. The third kappa shape index (κ3) is 3.06. The monoisotopic (exact) mass is 254 g/mol. The summed E-state index contributed by atoms with van der Waals surface area (Å²) in [5.74, 6) is -0.501. The Kier molecular flexibility index (Phi) is 3.43. The molecule has 7 nitrogen and oxygen atoms in total. The van der Waals surface area contributed by atoms with Crippen molar-refractivity contribution >= 4 is 28.8 Å². The predicted molar refractivity (Wildman–Crippen MR) is 62.1 cm³/mol. The summed E-state index contributed by atoms with van der Waals surface area (Å²) in [4.78, 5) is 26.2. The van der Waals surface area contributed by atoms with Crippen molar-refractivity contribution in [1.29, 1.82) is 0 Å². The number of rotatable bonds is 3. The van der Waals surface area contributed by atoms with E-state index in [0.717, 1.165) is 5.75 Å². The summed E-state index contributed by atoms with van der Waals surface area (Å²) in [6.07, 6.45) is 1.45. The third-order valence-electron chi connectivity index (χ3n) is 2.00. The van der Waals surface area contributed by atoms with Crippen LogP contribution in [0.2, 0.25) is 0 Å². The van der Waals surface area contributed by atoms with Gasteiger partial charge in [0.15, 0.2) is 10.9 Å². The molecule has 1 amide bonds. The van der Waals surface area contributed by atoms with Crippen LogP contribution in [0.25, 0.3) is 0 Å². The molecule has 0 saturated carbocycles. The number of aromatic carboxylic acids is 1. The Labute approximate surface area is 101 Å². The molecule has 17 heavy (non-hydrogen) atoms. The minimum Gasteiger partial charge on any atom is -0.476 e. The van der Waals surface area contributed by atoms with E-state index in [1.165, 1.54) is 28.7 Å². The van der Waals surface area contributed by atoms with E-state index >= 15 is 0 Å². The highest BCUT2D eigenvalue weighted by Gasteiger charge is 2.12. The Morgan fingerprint density at radius 2 is 2.41 bits per heavy atom. The standard InChI is InChI=1S/C9H10N4O3S/c14-7(11-9-10-2-4-17-9)5-13-3-1-6(12-13)8(15)16/h1,3H,2,4-5H2,(H,15,16)(H,10,11,14). The van der Waals surface area contributed by atoms with Crippen molar-refractivity contribution in [2.24, 2.45) is 4.99 Å². The van der Waals surface area contributed by atoms with Gasteiger partial charge in [0.2, 0.25) is 5.91 Å². The molecule has 0 atom stereocenters. The molecule has 0 aliphatic carbocycles. The van der Waals surface area contributed by atoms with Crippen molar-refractivity contribution in [3.05, 3.63) is 18.0 Å². The van der Waals surface area contributed by atoms with Gasteiger partial charge in [-0.05, 0) is 6.07 Å². The van der Waals surface area contributed by atoms with E-state index in [9.17, 15) is 9.59 Å². The van der Waals surface area contributed by atoms with Crippen molar-refractivity contribution in [3.8, 4) is 0 Å². The summed E-state index contributed by atoms with van der Waals surface area (Å²) < 4.78 is 1.28. The molecule has 2 rings (SSSR count). The molecule has 1 aromatic heterocycles. The van der Waals surface area contributed by atoms with Crippen LogP contribution >= 0.6 is 11.8 Å². The van der Waals surface area contributed by atoms with Gasteiger partial charge in [0.25, 0.3) is 0 Å². The molecule has 2 N–H and O–H groups in total. The molecule has 2 heterocycles. The average molecular weight is 254 g/mol. The van der Waals surface area contributed by atoms with Gasteiger partial charge in [0.05, 0.1) is 6.54 Å². The lowest BCUT2D eigenvalue weighted by atomic mass is 10.5. The summed E-state index contributed by atoms with van der Waals surface area (Å²) in [5, 5.41) is 15.6. The zero-order chi connectivity index (χ0) is 12.3. The summed E-state index contributed by atoms with van der Waals surface area (Å²) in [6, 6.07) is 1.34. The Morgan fingerprint density at radius 3 is 3.00 bits per heavy atom. The van der Waals surface area contributed by atoms with Crippen LogP contribution in [-0.4, -0.2) is 44.2 Å². The Bertz CT molecular complexity index is 482. The minimum absolute atomic E-state index is 0.0210. The first-order valence-corrected chi connectivity index (χ1v) is 5.87. The van der Waals surface area contributed by atoms with Crippen molar-refractivity contribution < 1.29 is 14.7 Å². The molecule has 0 aromatic carbocycles. The second-order valence-corrected chi connectivity index (χ2v) is 4.37. The van der Waals surface area contributed by atoms with Gasteiger partial charge in [-0.2, -0.15) is 5.10 Å². The number of carbonyl (C=O) groups is 2. The van der Waals surface area contributed by atoms with Gasteiger partial charge >= 0.3 is 5.97 Å². The smallest absolute Gasteiger partial charge is 0.356 e. The molecule has 0 saturated heterocycles. The van der Waals surface area contributed by atoms with Gasteiger partial charge in [-0.15, -0.1) is 0 Å². The first-order chi connectivity index (χ1) is 8.15. The maximum absolute atomic E-state index is 11.5. The van der Waals surface area contributed by atoms with E-state index in [0.29, 0.717) is 11.7 Å². The predicted octanol–water partition coefficient (Wildman–Crippen LogP) is -0.200. The number of amidine groups is 1. The molecule has 90 valence electrons. The largest absolute Gasteiger partial charge is 0.476 e. The minimum atomic E-state index is -1.11. The maximum Gasteiger partial charge on any atom is 0.356 e. The fourth-order valence-electron chi connectivity index (χ4n) is 1.28. The van der Waals surface area contributed by atoms with E-state index in [4.69, 9.17) is 5.11 Å². The molecule has 0 radical (unpaired) electrons. The van der Waals surface area contributed by atoms with Crippen LogP contribution in [0.4, 0.5) is 0 Å². The van der Waals surface area contributed by atoms with E-state index in [1.54, 1.807) is 0 Å². The van der Waals surface area contributed by atoms with Crippen molar-refractivity contribution in [2.75, 3.05) is 12.3 Å². The quantitative estimate of drug-likeness (QED) is 0.778. The van der Waals surface area contributed by atoms with Crippen LogP contribution in [0.15, 0.2) is 17.3 Å². The Hall–Kier alpha value is -1.83. The van der Waals surface area contributed by atoms with Crippen molar-refractivity contribution in [3.63, 3.8) is 0 Å². The molecular formula is C9H10N4O3S. The number of amides is 1. The number of aliphatic imine (C=N–C) groups is 1. The Morgan fingerprint density at radius 1 is 1.59 bits per heavy atom. The fraction of sp³-hybridized carbons (Fsp3) is 0.333. The van der Waals surface area contributed by atoms with E-state index < -0.39 is 5.97 Å². The maximum atomic E-state index is 11.5. The van der Waals surface area contributed by atoms with Crippen LogP contribution in [-0.2, 0) is 11.3 Å². The summed E-state index contributed by atoms with van der Waals surface area (Å²) in [5.41, 5.74) is -0.0784. The molecule has 8 heteroatoms. The van der Waals surface area contributed by atoms with Gasteiger partial charge in [-0.25, -0.2) is 4.79 Å². The highest BCUT2D eigenvalue weighted by molar-refractivity contribution is 8.14. The second-order valence-electron chi connectivity index (χ2n) is 3.29. The number of nitrogens with zero attached hydrogens (tertiary/aromatic N) is 3. The summed E-state index contributed by atoms with van der Waals surface area (Å²) in [7, 11) is 0. The lowest BCUT2D eigenvalue weighted by molar-refractivity contribution is -0.120. The topological polar surface area (TPSA) is 96.6 Å².